The highest BCUT2D eigenvalue weighted by Crippen LogP contribution is 2.20. The maximum Gasteiger partial charge on any atom is 0.0715 e. The Morgan fingerprint density at radius 2 is 1.93 bits per heavy atom. The van der Waals surface area contributed by atoms with Crippen LogP contribution in [0.25, 0.3) is 0 Å². The molecule has 14 heavy (non-hydrogen) atoms. The lowest BCUT2D eigenvalue weighted by atomic mass is 9.90. The maximum absolute atomic E-state index is 9.58. The van der Waals surface area contributed by atoms with Crippen LogP contribution in [0.15, 0.2) is 0 Å². The van der Waals surface area contributed by atoms with Crippen LogP contribution in [0.1, 0.15) is 26.7 Å². The molecule has 0 atom stereocenters. The van der Waals surface area contributed by atoms with E-state index in [1.807, 2.05) is 0 Å². The van der Waals surface area contributed by atoms with E-state index in [2.05, 4.69) is 5.32 Å². The molecule has 4 heteroatoms. The average molecular weight is 203 g/mol. The number of aliphatic hydroxyl groups is 2. The third kappa shape index (κ3) is 3.53. The van der Waals surface area contributed by atoms with Crippen molar-refractivity contribution in [3.8, 4) is 0 Å². The first-order valence-electron chi connectivity index (χ1n) is 5.13. The first-order valence-corrected chi connectivity index (χ1v) is 5.13. The van der Waals surface area contributed by atoms with Crippen molar-refractivity contribution in [3.63, 3.8) is 0 Å². The topological polar surface area (TPSA) is 61.7 Å². The van der Waals surface area contributed by atoms with Crippen molar-refractivity contribution in [2.45, 2.75) is 37.8 Å². The minimum absolute atomic E-state index is 0.104. The second-order valence-electron chi connectivity index (χ2n) is 4.72. The predicted molar refractivity (Wildman–Crippen MR) is 54.2 cm³/mol. The molecule has 0 saturated carbocycles. The second kappa shape index (κ2) is 4.57. The van der Waals surface area contributed by atoms with E-state index in [1.165, 1.54) is 0 Å². The van der Waals surface area contributed by atoms with Crippen molar-refractivity contribution in [1.82, 2.24) is 5.32 Å². The van der Waals surface area contributed by atoms with Crippen molar-refractivity contribution >= 4 is 0 Å². The van der Waals surface area contributed by atoms with Gasteiger partial charge in [0.15, 0.2) is 0 Å². The van der Waals surface area contributed by atoms with E-state index in [4.69, 9.17) is 4.74 Å². The van der Waals surface area contributed by atoms with Gasteiger partial charge in [0.05, 0.1) is 12.2 Å². The zero-order valence-electron chi connectivity index (χ0n) is 9.05. The molecule has 0 aromatic carbocycles. The normalized spacial score (nSPS) is 22.3. The van der Waals surface area contributed by atoms with E-state index >= 15 is 0 Å². The molecule has 0 bridgehead atoms. The molecule has 0 radical (unpaired) electrons. The van der Waals surface area contributed by atoms with Crippen molar-refractivity contribution < 1.29 is 14.9 Å². The van der Waals surface area contributed by atoms with Gasteiger partial charge >= 0.3 is 0 Å². The van der Waals surface area contributed by atoms with Gasteiger partial charge in [-0.3, -0.25) is 0 Å². The second-order valence-corrected chi connectivity index (χ2v) is 4.72. The average Bonchev–Trinajstić information content (AvgIpc) is 2.15. The van der Waals surface area contributed by atoms with Crippen molar-refractivity contribution in [3.05, 3.63) is 0 Å². The van der Waals surface area contributed by atoms with E-state index < -0.39 is 5.60 Å². The van der Waals surface area contributed by atoms with Gasteiger partial charge in [0.25, 0.3) is 0 Å². The number of hydrogen-bond acceptors (Lipinski definition) is 4. The quantitative estimate of drug-likeness (QED) is 0.596. The molecule has 84 valence electrons. The molecule has 0 unspecified atom stereocenters. The summed E-state index contributed by atoms with van der Waals surface area (Å²) in [5.74, 6) is 0. The number of ether oxygens (including phenoxy) is 1. The molecule has 0 amide bonds. The Morgan fingerprint density at radius 3 is 2.36 bits per heavy atom. The van der Waals surface area contributed by atoms with E-state index in [0.717, 1.165) is 12.8 Å². The Bertz CT molecular complexity index is 171. The summed E-state index contributed by atoms with van der Waals surface area (Å²) < 4.78 is 5.24. The summed E-state index contributed by atoms with van der Waals surface area (Å²) in [7, 11) is 0. The molecule has 1 saturated heterocycles. The van der Waals surface area contributed by atoms with E-state index in [9.17, 15) is 10.2 Å². The van der Waals surface area contributed by atoms with E-state index in [0.29, 0.717) is 19.8 Å². The predicted octanol–water partition coefficient (Wildman–Crippen LogP) is -0.112. The standard InChI is InChI=1S/C10H21NO3/c1-9(2,13)7-11-10(8-12)3-5-14-6-4-10/h11-13H,3-8H2,1-2H3. The zero-order chi connectivity index (χ0) is 10.7. The molecule has 3 N–H and O–H groups in total. The van der Waals surface area contributed by atoms with Crippen LogP contribution in [-0.2, 0) is 4.74 Å². The lowest BCUT2D eigenvalue weighted by Gasteiger charge is -2.38. The number of hydrogen-bond donors (Lipinski definition) is 3. The minimum Gasteiger partial charge on any atom is -0.394 e. The number of nitrogens with one attached hydrogen (secondary N) is 1. The maximum atomic E-state index is 9.58. The lowest BCUT2D eigenvalue weighted by molar-refractivity contribution is -0.00369. The molecular weight excluding hydrogens is 182 g/mol. The van der Waals surface area contributed by atoms with Gasteiger partial charge in [0, 0.05) is 25.3 Å². The summed E-state index contributed by atoms with van der Waals surface area (Å²) in [6.07, 6.45) is 1.61. The van der Waals surface area contributed by atoms with E-state index in [1.54, 1.807) is 13.8 Å². The first kappa shape index (κ1) is 11.9. The van der Waals surface area contributed by atoms with Gasteiger partial charge in [0.2, 0.25) is 0 Å². The van der Waals surface area contributed by atoms with Gasteiger partial charge in [-0.05, 0) is 26.7 Å². The summed E-state index contributed by atoms with van der Waals surface area (Å²) in [6.45, 7) is 5.47. The highest BCUT2D eigenvalue weighted by molar-refractivity contribution is 4.91. The molecule has 4 nitrogen and oxygen atoms in total. The van der Waals surface area contributed by atoms with Crippen LogP contribution in [0, 0.1) is 0 Å². The first-order chi connectivity index (χ1) is 6.47. The number of rotatable bonds is 4. The molecule has 1 rings (SSSR count). The van der Waals surface area contributed by atoms with Gasteiger partial charge < -0.3 is 20.3 Å². The summed E-state index contributed by atoms with van der Waals surface area (Å²) in [5.41, 5.74) is -0.987. The van der Waals surface area contributed by atoms with Gasteiger partial charge in [-0.2, -0.15) is 0 Å². The largest absolute Gasteiger partial charge is 0.394 e. The number of aliphatic hydroxyl groups excluding tert-OH is 1. The molecule has 0 aliphatic carbocycles. The Hall–Kier alpha value is -0.160. The molecule has 1 aliphatic rings. The van der Waals surface area contributed by atoms with Crippen LogP contribution in [0.3, 0.4) is 0 Å². The smallest absolute Gasteiger partial charge is 0.0715 e. The van der Waals surface area contributed by atoms with Gasteiger partial charge in [-0.15, -0.1) is 0 Å². The zero-order valence-corrected chi connectivity index (χ0v) is 9.05. The van der Waals surface area contributed by atoms with Crippen LogP contribution in [0.2, 0.25) is 0 Å². The van der Waals surface area contributed by atoms with E-state index in [-0.39, 0.29) is 12.1 Å². The van der Waals surface area contributed by atoms with Crippen molar-refractivity contribution in [1.29, 1.82) is 0 Å². The summed E-state index contributed by atoms with van der Waals surface area (Å²) >= 11 is 0. The molecule has 0 aromatic heterocycles. The Labute approximate surface area is 85.3 Å². The summed E-state index contributed by atoms with van der Waals surface area (Å²) in [6, 6.07) is 0. The SMILES string of the molecule is CC(C)(O)CNC1(CO)CCOCC1. The Balaban J connectivity index is 2.44. The molecule has 1 fully saturated rings. The Kier molecular flexibility index (Phi) is 3.89. The highest BCUT2D eigenvalue weighted by Gasteiger charge is 2.32. The third-order valence-corrected chi connectivity index (χ3v) is 2.65. The van der Waals surface area contributed by atoms with Gasteiger partial charge in [-0.1, -0.05) is 0 Å². The monoisotopic (exact) mass is 203 g/mol. The van der Waals surface area contributed by atoms with Gasteiger partial charge in [-0.25, -0.2) is 0 Å². The molecule has 0 spiro atoms. The lowest BCUT2D eigenvalue weighted by Crippen LogP contribution is -2.55. The fraction of sp³-hybridized carbons (Fsp3) is 1.00. The van der Waals surface area contributed by atoms with Gasteiger partial charge in [0.1, 0.15) is 0 Å². The molecule has 0 aromatic rings. The van der Waals surface area contributed by atoms with Crippen molar-refractivity contribution in [2.24, 2.45) is 0 Å². The summed E-state index contributed by atoms with van der Waals surface area (Å²) in [5, 5.41) is 22.2. The minimum atomic E-state index is -0.736. The van der Waals surface area contributed by atoms with Crippen molar-refractivity contribution in [2.75, 3.05) is 26.4 Å². The summed E-state index contributed by atoms with van der Waals surface area (Å²) in [4.78, 5) is 0. The Morgan fingerprint density at radius 1 is 1.36 bits per heavy atom. The van der Waals surface area contributed by atoms with Crippen LogP contribution < -0.4 is 5.32 Å². The van der Waals surface area contributed by atoms with Crippen LogP contribution in [0.4, 0.5) is 0 Å². The van der Waals surface area contributed by atoms with Crippen LogP contribution >= 0.6 is 0 Å². The van der Waals surface area contributed by atoms with Crippen LogP contribution in [-0.4, -0.2) is 47.7 Å². The molecular formula is C10H21NO3. The molecule has 1 aliphatic heterocycles. The fourth-order valence-electron chi connectivity index (χ4n) is 1.56. The third-order valence-electron chi connectivity index (χ3n) is 2.65. The highest BCUT2D eigenvalue weighted by atomic mass is 16.5. The fourth-order valence-corrected chi connectivity index (χ4v) is 1.56. The molecule has 1 heterocycles. The van der Waals surface area contributed by atoms with Crippen LogP contribution in [0.5, 0.6) is 0 Å². The number of β-amino-alcohol motifs (C(OH)–C–C–N with tert-alkyl or cyclic N) is 1.